The van der Waals surface area contributed by atoms with Crippen LogP contribution < -0.4 is 5.32 Å². The summed E-state index contributed by atoms with van der Waals surface area (Å²) in [6.07, 6.45) is -4.52. The molecule has 4 aromatic carbocycles. The Kier molecular flexibility index (Phi) is 6.63. The monoisotopic (exact) mass is 515 g/mol. The van der Waals surface area contributed by atoms with Crippen molar-refractivity contribution in [3.8, 4) is 11.3 Å². The van der Waals surface area contributed by atoms with Crippen LogP contribution in [0.3, 0.4) is 0 Å². The summed E-state index contributed by atoms with van der Waals surface area (Å²) in [7, 11) is 0. The van der Waals surface area contributed by atoms with Crippen molar-refractivity contribution in [1.29, 1.82) is 0 Å². The Labute approximate surface area is 217 Å². The van der Waals surface area contributed by atoms with E-state index in [1.54, 1.807) is 35.9 Å². The molecule has 5 aromatic rings. The molecule has 0 amide bonds. The van der Waals surface area contributed by atoms with Gasteiger partial charge in [0, 0.05) is 22.3 Å². The lowest BCUT2D eigenvalue weighted by Crippen LogP contribution is -2.07. The van der Waals surface area contributed by atoms with Crippen LogP contribution in [-0.2, 0) is 17.5 Å². The predicted molar refractivity (Wildman–Crippen MR) is 141 cm³/mol. The van der Waals surface area contributed by atoms with Gasteiger partial charge in [0.25, 0.3) is 0 Å². The number of anilines is 2. The maximum Gasteiger partial charge on any atom is 0.418 e. The van der Waals surface area contributed by atoms with Gasteiger partial charge in [-0.05, 0) is 48.4 Å². The van der Waals surface area contributed by atoms with E-state index in [4.69, 9.17) is 0 Å². The molecule has 192 valence electrons. The molecule has 1 unspecified atom stereocenters. The molecule has 1 aromatic heterocycles. The van der Waals surface area contributed by atoms with Gasteiger partial charge < -0.3 is 10.4 Å². The molecule has 2 N–H and O–H groups in total. The number of halogens is 3. The van der Waals surface area contributed by atoms with Gasteiger partial charge in [0.2, 0.25) is 0 Å². The Morgan fingerprint density at radius 1 is 0.921 bits per heavy atom. The zero-order chi connectivity index (χ0) is 26.9. The van der Waals surface area contributed by atoms with E-state index in [1.165, 1.54) is 6.07 Å². The summed E-state index contributed by atoms with van der Waals surface area (Å²) in [4.78, 5) is 11.3. The number of carboxylic acids is 1. The normalized spacial score (nSPS) is 12.4. The van der Waals surface area contributed by atoms with E-state index in [-0.39, 0.29) is 5.52 Å². The first-order valence-electron chi connectivity index (χ1n) is 12.0. The Bertz CT molecular complexity index is 1590. The summed E-state index contributed by atoms with van der Waals surface area (Å²) in [5.74, 6) is -1.54. The first kappa shape index (κ1) is 25.1. The molecule has 0 bridgehead atoms. The fourth-order valence-corrected chi connectivity index (χ4v) is 4.46. The second-order valence-electron chi connectivity index (χ2n) is 9.08. The van der Waals surface area contributed by atoms with Gasteiger partial charge in [-0.3, -0.25) is 9.48 Å². The van der Waals surface area contributed by atoms with Crippen molar-refractivity contribution in [1.82, 2.24) is 9.78 Å². The number of hydrogen-bond donors (Lipinski definition) is 2. The number of hydrogen-bond acceptors (Lipinski definition) is 3. The number of nitrogens with one attached hydrogen (secondary N) is 1. The van der Waals surface area contributed by atoms with Crippen LogP contribution in [0.1, 0.15) is 29.5 Å². The van der Waals surface area contributed by atoms with E-state index in [9.17, 15) is 23.1 Å². The molecule has 0 aliphatic carbocycles. The molecule has 0 aliphatic heterocycles. The zero-order valence-corrected chi connectivity index (χ0v) is 20.4. The quantitative estimate of drug-likeness (QED) is 0.233. The fraction of sp³-hybridized carbons (Fsp3) is 0.133. The van der Waals surface area contributed by atoms with Crippen LogP contribution >= 0.6 is 0 Å². The van der Waals surface area contributed by atoms with Gasteiger partial charge in [-0.1, -0.05) is 66.7 Å². The summed E-state index contributed by atoms with van der Waals surface area (Å²) in [5, 5.41) is 17.4. The number of alkyl halides is 3. The molecule has 0 radical (unpaired) electrons. The molecule has 38 heavy (non-hydrogen) atoms. The van der Waals surface area contributed by atoms with E-state index in [2.05, 4.69) is 10.4 Å². The van der Waals surface area contributed by atoms with Crippen LogP contribution in [0.15, 0.2) is 97.1 Å². The maximum absolute atomic E-state index is 13.8. The summed E-state index contributed by atoms with van der Waals surface area (Å²) < 4.78 is 43.0. The SMILES string of the molecule is CC(C(=O)O)c1cccc(Nc2ccc(-c3c4cccc(C(F)(F)F)c4nn3Cc3ccccc3)cc2)c1. The molecule has 0 aliphatic rings. The number of nitrogens with zero attached hydrogens (tertiary/aromatic N) is 2. The van der Waals surface area contributed by atoms with E-state index in [0.29, 0.717) is 23.2 Å². The van der Waals surface area contributed by atoms with Crippen LogP contribution in [0, 0.1) is 0 Å². The third-order valence-electron chi connectivity index (χ3n) is 6.45. The van der Waals surface area contributed by atoms with Crippen LogP contribution in [-0.4, -0.2) is 20.9 Å². The van der Waals surface area contributed by atoms with E-state index in [1.807, 2.05) is 60.7 Å². The van der Waals surface area contributed by atoms with Gasteiger partial charge in [0.1, 0.15) is 5.52 Å². The average Bonchev–Trinajstić information content (AvgIpc) is 3.26. The van der Waals surface area contributed by atoms with Gasteiger partial charge in [0.05, 0.1) is 23.7 Å². The highest BCUT2D eigenvalue weighted by Gasteiger charge is 2.34. The lowest BCUT2D eigenvalue weighted by molar-refractivity contribution is -0.138. The summed E-state index contributed by atoms with van der Waals surface area (Å²) in [6.45, 7) is 1.94. The van der Waals surface area contributed by atoms with E-state index >= 15 is 0 Å². The third-order valence-corrected chi connectivity index (χ3v) is 6.45. The topological polar surface area (TPSA) is 67.2 Å². The molecular weight excluding hydrogens is 491 g/mol. The number of benzene rings is 4. The van der Waals surface area contributed by atoms with Crippen molar-refractivity contribution in [3.63, 3.8) is 0 Å². The number of aromatic nitrogens is 2. The van der Waals surface area contributed by atoms with Gasteiger partial charge in [-0.15, -0.1) is 0 Å². The molecule has 0 saturated carbocycles. The summed E-state index contributed by atoms with van der Waals surface area (Å²) >= 11 is 0. The first-order valence-corrected chi connectivity index (χ1v) is 12.0. The standard InChI is InChI=1S/C30H24F3N3O2/c1-19(29(37)38)22-9-5-10-24(17-22)34-23-15-13-21(14-16-23)28-25-11-6-12-26(30(31,32)33)27(25)35-36(28)18-20-7-3-2-4-8-20/h2-17,19,34H,18H2,1H3,(H,37,38). The van der Waals surface area contributed by atoms with E-state index in [0.717, 1.165) is 28.6 Å². The van der Waals surface area contributed by atoms with Crippen molar-refractivity contribution in [3.05, 3.63) is 114 Å². The Morgan fingerprint density at radius 3 is 2.32 bits per heavy atom. The lowest BCUT2D eigenvalue weighted by atomic mass is 10.0. The minimum Gasteiger partial charge on any atom is -0.481 e. The second-order valence-corrected chi connectivity index (χ2v) is 9.08. The minimum atomic E-state index is -4.52. The highest BCUT2D eigenvalue weighted by Crippen LogP contribution is 2.38. The number of carbonyl (C=O) groups is 1. The second kappa shape index (κ2) is 10.0. The van der Waals surface area contributed by atoms with Crippen LogP contribution in [0.25, 0.3) is 22.2 Å². The Hall–Kier alpha value is -4.59. The molecule has 1 heterocycles. The van der Waals surface area contributed by atoms with Crippen LogP contribution in [0.4, 0.5) is 24.5 Å². The lowest BCUT2D eigenvalue weighted by Gasteiger charge is -2.12. The Morgan fingerprint density at radius 2 is 1.63 bits per heavy atom. The maximum atomic E-state index is 13.8. The highest BCUT2D eigenvalue weighted by molar-refractivity contribution is 5.95. The fourth-order valence-electron chi connectivity index (χ4n) is 4.46. The molecule has 0 spiro atoms. The molecular formula is C30H24F3N3O2. The van der Waals surface area contributed by atoms with Crippen LogP contribution in [0.5, 0.6) is 0 Å². The van der Waals surface area contributed by atoms with Gasteiger partial charge in [0.15, 0.2) is 0 Å². The van der Waals surface area contributed by atoms with Gasteiger partial charge in [-0.2, -0.15) is 18.3 Å². The van der Waals surface area contributed by atoms with Crippen LogP contribution in [0.2, 0.25) is 0 Å². The molecule has 5 rings (SSSR count). The molecule has 0 saturated heterocycles. The minimum absolute atomic E-state index is 0.0857. The molecule has 5 nitrogen and oxygen atoms in total. The number of aliphatic carboxylic acids is 1. The zero-order valence-electron chi connectivity index (χ0n) is 20.4. The smallest absolute Gasteiger partial charge is 0.418 e. The summed E-state index contributed by atoms with van der Waals surface area (Å²) in [5.41, 5.74) is 3.55. The Balaban J connectivity index is 1.52. The van der Waals surface area contributed by atoms with Crippen molar-refractivity contribution >= 4 is 28.2 Å². The number of rotatable bonds is 7. The average molecular weight is 516 g/mol. The summed E-state index contributed by atoms with van der Waals surface area (Å²) in [6, 6.07) is 28.1. The third kappa shape index (κ3) is 5.11. The number of fused-ring (bicyclic) bond motifs is 1. The first-order chi connectivity index (χ1) is 18.2. The molecule has 0 fully saturated rings. The largest absolute Gasteiger partial charge is 0.481 e. The van der Waals surface area contributed by atoms with Crippen molar-refractivity contribution < 1.29 is 23.1 Å². The molecule has 1 atom stereocenters. The van der Waals surface area contributed by atoms with E-state index < -0.39 is 23.6 Å². The van der Waals surface area contributed by atoms with Gasteiger partial charge in [-0.25, -0.2) is 0 Å². The van der Waals surface area contributed by atoms with Gasteiger partial charge >= 0.3 is 12.1 Å². The molecule has 8 heteroatoms. The predicted octanol–water partition coefficient (Wildman–Crippen LogP) is 7.70. The van der Waals surface area contributed by atoms with Crippen molar-refractivity contribution in [2.75, 3.05) is 5.32 Å². The van der Waals surface area contributed by atoms with Crippen molar-refractivity contribution in [2.24, 2.45) is 0 Å². The number of carboxylic acid groups (broad SMARTS) is 1. The highest BCUT2D eigenvalue weighted by atomic mass is 19.4. The van der Waals surface area contributed by atoms with Crippen molar-refractivity contribution in [2.45, 2.75) is 25.6 Å².